The number of aliphatic hydroxyl groups excluding tert-OH is 1. The average molecular weight is 358 g/mol. The molecule has 2 atom stereocenters. The molecule has 1 aromatic heterocycles. The Kier molecular flexibility index (Phi) is 6.94. The third-order valence-corrected chi connectivity index (χ3v) is 4.02. The van der Waals surface area contributed by atoms with E-state index < -0.39 is 12.1 Å². The minimum Gasteiger partial charge on any atom is -0.391 e. The zero-order chi connectivity index (χ0) is 19.2. The lowest BCUT2D eigenvalue weighted by atomic mass is 9.89. The molecule has 0 radical (unpaired) electrons. The molecule has 6 heteroatoms. The number of nitrogens with zero attached hydrogens (tertiary/aromatic N) is 2. The molecule has 0 fully saturated rings. The van der Waals surface area contributed by atoms with Gasteiger partial charge in [-0.15, -0.1) is 0 Å². The topological polar surface area (TPSA) is 93.2 Å². The Labute approximate surface area is 155 Å². The van der Waals surface area contributed by atoms with Crippen LogP contribution >= 0.6 is 0 Å². The molecule has 1 heterocycles. The van der Waals surface area contributed by atoms with Crippen LogP contribution in [-0.2, 0) is 17.8 Å². The highest BCUT2D eigenvalue weighted by Crippen LogP contribution is 2.20. The smallest absolute Gasteiger partial charge is 0.237 e. The first kappa shape index (κ1) is 20.1. The van der Waals surface area contributed by atoms with Crippen LogP contribution in [0.25, 0.3) is 0 Å². The molecule has 0 aliphatic carbocycles. The van der Waals surface area contributed by atoms with Crippen LogP contribution in [0.15, 0.2) is 42.9 Å². The van der Waals surface area contributed by atoms with Crippen LogP contribution < -0.4 is 11.1 Å². The van der Waals surface area contributed by atoms with Crippen LogP contribution in [0.5, 0.6) is 0 Å². The van der Waals surface area contributed by atoms with Crippen LogP contribution in [0.2, 0.25) is 0 Å². The van der Waals surface area contributed by atoms with Crippen molar-refractivity contribution in [1.29, 1.82) is 0 Å². The molecule has 4 N–H and O–H groups in total. The van der Waals surface area contributed by atoms with Gasteiger partial charge in [-0.05, 0) is 17.4 Å². The Balaban J connectivity index is 1.80. The monoisotopic (exact) mass is 358 g/mol. The van der Waals surface area contributed by atoms with Crippen molar-refractivity contribution in [1.82, 2.24) is 14.9 Å². The molecule has 0 saturated heterocycles. The van der Waals surface area contributed by atoms with Crippen molar-refractivity contribution in [3.05, 3.63) is 54.1 Å². The van der Waals surface area contributed by atoms with Crippen molar-refractivity contribution in [2.75, 3.05) is 6.54 Å². The molecule has 0 spiro atoms. The number of aliphatic hydroxyl groups is 1. The Bertz CT molecular complexity index is 691. The van der Waals surface area contributed by atoms with Gasteiger partial charge in [-0.25, -0.2) is 4.98 Å². The van der Waals surface area contributed by atoms with Gasteiger partial charge in [0.15, 0.2) is 0 Å². The number of aromatic nitrogens is 2. The van der Waals surface area contributed by atoms with Crippen LogP contribution in [0.1, 0.15) is 38.4 Å². The minimum atomic E-state index is -0.683. The SMILES string of the molecule is CC(C)(C)CC(O)CNC(=O)[C@@H](N)Cc1cn(Cc2ccccc2)cn1. The summed E-state index contributed by atoms with van der Waals surface area (Å²) in [5, 5.41) is 12.7. The predicted molar refractivity (Wildman–Crippen MR) is 103 cm³/mol. The lowest BCUT2D eigenvalue weighted by Gasteiger charge is -2.23. The van der Waals surface area contributed by atoms with Crippen molar-refractivity contribution in [2.45, 2.75) is 52.3 Å². The number of imidazole rings is 1. The van der Waals surface area contributed by atoms with Gasteiger partial charge in [0, 0.05) is 25.7 Å². The maximum atomic E-state index is 12.1. The zero-order valence-corrected chi connectivity index (χ0v) is 15.9. The minimum absolute atomic E-state index is 0.0118. The largest absolute Gasteiger partial charge is 0.391 e. The lowest BCUT2D eigenvalue weighted by molar-refractivity contribution is -0.122. The van der Waals surface area contributed by atoms with E-state index in [-0.39, 0.29) is 17.9 Å². The first-order chi connectivity index (χ1) is 12.2. The highest BCUT2D eigenvalue weighted by molar-refractivity contribution is 5.81. The molecular weight excluding hydrogens is 328 g/mol. The second-order valence-corrected chi connectivity index (χ2v) is 8.00. The number of hydrogen-bond donors (Lipinski definition) is 3. The van der Waals surface area contributed by atoms with Gasteiger partial charge in [0.1, 0.15) is 0 Å². The molecule has 0 bridgehead atoms. The van der Waals surface area contributed by atoms with E-state index in [0.717, 1.165) is 12.2 Å². The number of benzene rings is 1. The summed E-state index contributed by atoms with van der Waals surface area (Å²) in [6.07, 6.45) is 4.07. The summed E-state index contributed by atoms with van der Waals surface area (Å²) in [7, 11) is 0. The number of nitrogens with two attached hydrogens (primary N) is 1. The standard InChI is InChI=1S/C20H30N4O2/c1-20(2,3)10-17(25)11-22-19(26)18(21)9-16-13-24(14-23-16)12-15-7-5-4-6-8-15/h4-8,13-14,17-18,25H,9-12,21H2,1-3H3,(H,22,26)/t17?,18-/m0/s1. The normalized spacial score (nSPS) is 14.0. The first-order valence-electron chi connectivity index (χ1n) is 8.99. The van der Waals surface area contributed by atoms with E-state index in [9.17, 15) is 9.90 Å². The molecule has 2 rings (SSSR count). The number of nitrogens with one attached hydrogen (secondary N) is 1. The second kappa shape index (κ2) is 8.96. The van der Waals surface area contributed by atoms with E-state index in [0.29, 0.717) is 12.8 Å². The van der Waals surface area contributed by atoms with Gasteiger partial charge in [0.2, 0.25) is 5.91 Å². The van der Waals surface area contributed by atoms with E-state index in [1.54, 1.807) is 6.33 Å². The van der Waals surface area contributed by atoms with Crippen molar-refractivity contribution >= 4 is 5.91 Å². The number of carbonyl (C=O) groups is 1. The van der Waals surface area contributed by atoms with Gasteiger partial charge in [0.25, 0.3) is 0 Å². The van der Waals surface area contributed by atoms with E-state index >= 15 is 0 Å². The van der Waals surface area contributed by atoms with Gasteiger partial charge < -0.3 is 20.7 Å². The first-order valence-corrected chi connectivity index (χ1v) is 8.99. The highest BCUT2D eigenvalue weighted by atomic mass is 16.3. The quantitative estimate of drug-likeness (QED) is 0.670. The summed E-state index contributed by atoms with van der Waals surface area (Å²) in [4.78, 5) is 16.5. The van der Waals surface area contributed by atoms with E-state index in [2.05, 4.69) is 43.2 Å². The fraction of sp³-hybridized carbons (Fsp3) is 0.500. The summed E-state index contributed by atoms with van der Waals surface area (Å²) >= 11 is 0. The van der Waals surface area contributed by atoms with Gasteiger partial charge in [-0.1, -0.05) is 51.1 Å². The van der Waals surface area contributed by atoms with Crippen molar-refractivity contribution < 1.29 is 9.90 Å². The summed E-state index contributed by atoms with van der Waals surface area (Å²) in [5.41, 5.74) is 7.96. The fourth-order valence-electron chi connectivity index (χ4n) is 2.84. The van der Waals surface area contributed by atoms with Crippen molar-refractivity contribution in [2.24, 2.45) is 11.1 Å². The van der Waals surface area contributed by atoms with Gasteiger partial charge in [-0.2, -0.15) is 0 Å². The Morgan fingerprint density at radius 2 is 2.00 bits per heavy atom. The third kappa shape index (κ3) is 6.98. The van der Waals surface area contributed by atoms with Crippen molar-refractivity contribution in [3.63, 3.8) is 0 Å². The molecule has 0 aliphatic heterocycles. The summed E-state index contributed by atoms with van der Waals surface area (Å²) in [6, 6.07) is 9.42. The predicted octanol–water partition coefficient (Wildman–Crippen LogP) is 1.71. The Morgan fingerprint density at radius 3 is 2.65 bits per heavy atom. The lowest BCUT2D eigenvalue weighted by Crippen LogP contribution is -2.45. The van der Waals surface area contributed by atoms with Crippen LogP contribution in [-0.4, -0.2) is 39.3 Å². The molecule has 1 aromatic carbocycles. The van der Waals surface area contributed by atoms with Crippen molar-refractivity contribution in [3.8, 4) is 0 Å². The Hall–Kier alpha value is -2.18. The maximum absolute atomic E-state index is 12.1. The molecule has 26 heavy (non-hydrogen) atoms. The summed E-state index contributed by atoms with van der Waals surface area (Å²) in [6.45, 7) is 7.10. The molecule has 6 nitrogen and oxygen atoms in total. The fourth-order valence-corrected chi connectivity index (χ4v) is 2.84. The van der Waals surface area contributed by atoms with Crippen LogP contribution in [0.4, 0.5) is 0 Å². The molecular formula is C20H30N4O2. The Morgan fingerprint density at radius 1 is 1.31 bits per heavy atom. The van der Waals surface area contributed by atoms with Crippen LogP contribution in [0, 0.1) is 5.41 Å². The number of rotatable bonds is 8. The number of hydrogen-bond acceptors (Lipinski definition) is 4. The zero-order valence-electron chi connectivity index (χ0n) is 15.9. The summed E-state index contributed by atoms with van der Waals surface area (Å²) < 4.78 is 1.97. The van der Waals surface area contributed by atoms with Gasteiger partial charge in [-0.3, -0.25) is 4.79 Å². The third-order valence-electron chi connectivity index (χ3n) is 4.02. The number of carbonyl (C=O) groups excluding carboxylic acids is 1. The molecule has 2 aromatic rings. The molecule has 0 saturated carbocycles. The average Bonchev–Trinajstić information content (AvgIpc) is 2.98. The molecule has 0 aliphatic rings. The van der Waals surface area contributed by atoms with E-state index in [4.69, 9.17) is 5.73 Å². The number of amides is 1. The maximum Gasteiger partial charge on any atom is 0.237 e. The van der Waals surface area contributed by atoms with E-state index in [1.807, 2.05) is 29.0 Å². The second-order valence-electron chi connectivity index (χ2n) is 8.00. The summed E-state index contributed by atoms with van der Waals surface area (Å²) in [5.74, 6) is -0.268. The molecule has 1 unspecified atom stereocenters. The van der Waals surface area contributed by atoms with Gasteiger partial charge in [0.05, 0.1) is 24.2 Å². The molecule has 142 valence electrons. The van der Waals surface area contributed by atoms with Crippen LogP contribution in [0.3, 0.4) is 0 Å². The van der Waals surface area contributed by atoms with Gasteiger partial charge >= 0.3 is 0 Å². The van der Waals surface area contributed by atoms with E-state index in [1.165, 1.54) is 5.56 Å². The molecule has 1 amide bonds. The highest BCUT2D eigenvalue weighted by Gasteiger charge is 2.20.